The van der Waals surface area contributed by atoms with E-state index in [4.69, 9.17) is 5.11 Å². The lowest BCUT2D eigenvalue weighted by molar-refractivity contribution is -0.127. The Morgan fingerprint density at radius 2 is 2.33 bits per heavy atom. The highest BCUT2D eigenvalue weighted by Gasteiger charge is 2.25. The molecular formula is C11H22N2O2. The number of carbonyl (C=O) groups excluding carboxylic acids is 1. The first-order valence-corrected chi connectivity index (χ1v) is 5.76. The van der Waals surface area contributed by atoms with E-state index in [1.165, 1.54) is 0 Å². The molecule has 0 aromatic rings. The van der Waals surface area contributed by atoms with Gasteiger partial charge in [-0.3, -0.25) is 4.79 Å². The van der Waals surface area contributed by atoms with Crippen molar-refractivity contribution in [2.24, 2.45) is 5.92 Å². The van der Waals surface area contributed by atoms with E-state index in [1.807, 2.05) is 4.90 Å². The van der Waals surface area contributed by atoms with Gasteiger partial charge in [0.1, 0.15) is 0 Å². The van der Waals surface area contributed by atoms with Crippen molar-refractivity contribution in [3.05, 3.63) is 0 Å². The summed E-state index contributed by atoms with van der Waals surface area (Å²) in [7, 11) is 0. The molecule has 0 aliphatic carbocycles. The van der Waals surface area contributed by atoms with Gasteiger partial charge in [-0.15, -0.1) is 0 Å². The number of likely N-dealkylation sites (N-methyl/N-ethyl adjacent to an activating group) is 1. The van der Waals surface area contributed by atoms with E-state index in [0.717, 1.165) is 39.1 Å². The number of aliphatic hydroxyl groups excluding tert-OH is 1. The summed E-state index contributed by atoms with van der Waals surface area (Å²) in [4.78, 5) is 15.3. The molecule has 1 atom stereocenters. The van der Waals surface area contributed by atoms with E-state index >= 15 is 0 Å². The third kappa shape index (κ3) is 3.80. The number of amides is 1. The number of hydrogen-bond donors (Lipinski definition) is 1. The molecule has 1 aliphatic rings. The summed E-state index contributed by atoms with van der Waals surface area (Å²) in [6.45, 7) is 8.46. The van der Waals surface area contributed by atoms with Crippen molar-refractivity contribution in [3.8, 4) is 0 Å². The summed E-state index contributed by atoms with van der Waals surface area (Å²) in [5.41, 5.74) is 0. The quantitative estimate of drug-likeness (QED) is 0.709. The Hall–Kier alpha value is -0.610. The Morgan fingerprint density at radius 3 is 2.80 bits per heavy atom. The van der Waals surface area contributed by atoms with Gasteiger partial charge in [-0.2, -0.15) is 0 Å². The number of nitrogens with zero attached hydrogens (tertiary/aromatic N) is 2. The first-order chi connectivity index (χ1) is 7.17. The van der Waals surface area contributed by atoms with Gasteiger partial charge < -0.3 is 14.9 Å². The second-order valence-corrected chi connectivity index (χ2v) is 4.24. The molecule has 0 bridgehead atoms. The molecule has 1 saturated heterocycles. The van der Waals surface area contributed by atoms with E-state index < -0.39 is 0 Å². The molecule has 0 unspecified atom stereocenters. The standard InChI is InChI=1S/C11H22N2O2/c1-3-12(6-7-14)8-11-4-5-13(9-11)10(2)15/h11,14H,3-9H2,1-2H3/t11-/m1/s1. The zero-order valence-corrected chi connectivity index (χ0v) is 9.78. The second-order valence-electron chi connectivity index (χ2n) is 4.24. The number of aliphatic hydroxyl groups is 1. The maximum atomic E-state index is 11.1. The normalized spacial score (nSPS) is 21.3. The first-order valence-electron chi connectivity index (χ1n) is 5.76. The number of hydrogen-bond acceptors (Lipinski definition) is 3. The van der Waals surface area contributed by atoms with E-state index in [0.29, 0.717) is 5.92 Å². The molecular weight excluding hydrogens is 192 g/mol. The van der Waals surface area contributed by atoms with Gasteiger partial charge in [-0.1, -0.05) is 6.92 Å². The van der Waals surface area contributed by atoms with Crippen LogP contribution in [0.2, 0.25) is 0 Å². The van der Waals surface area contributed by atoms with Crippen LogP contribution in [0.3, 0.4) is 0 Å². The summed E-state index contributed by atoms with van der Waals surface area (Å²) in [5, 5.41) is 8.88. The highest BCUT2D eigenvalue weighted by atomic mass is 16.3. The van der Waals surface area contributed by atoms with Crippen LogP contribution in [0.4, 0.5) is 0 Å². The maximum Gasteiger partial charge on any atom is 0.219 e. The van der Waals surface area contributed by atoms with Crippen molar-refractivity contribution in [3.63, 3.8) is 0 Å². The topological polar surface area (TPSA) is 43.8 Å². The van der Waals surface area contributed by atoms with Crippen LogP contribution in [0.1, 0.15) is 20.3 Å². The molecule has 0 aromatic heterocycles. The molecule has 4 nitrogen and oxygen atoms in total. The molecule has 0 saturated carbocycles. The second kappa shape index (κ2) is 6.08. The van der Waals surface area contributed by atoms with Crippen molar-refractivity contribution >= 4 is 5.91 Å². The Balaban J connectivity index is 2.30. The zero-order chi connectivity index (χ0) is 11.3. The van der Waals surface area contributed by atoms with Crippen LogP contribution in [-0.2, 0) is 4.79 Å². The van der Waals surface area contributed by atoms with Gasteiger partial charge >= 0.3 is 0 Å². The van der Waals surface area contributed by atoms with Crippen molar-refractivity contribution in [2.75, 3.05) is 39.3 Å². The molecule has 1 N–H and O–H groups in total. The molecule has 0 radical (unpaired) electrons. The predicted octanol–water partition coefficient (Wildman–Crippen LogP) is 0.169. The molecule has 1 rings (SSSR count). The van der Waals surface area contributed by atoms with Crippen molar-refractivity contribution in [1.29, 1.82) is 0 Å². The monoisotopic (exact) mass is 214 g/mol. The maximum absolute atomic E-state index is 11.1. The van der Waals surface area contributed by atoms with Crippen LogP contribution >= 0.6 is 0 Å². The lowest BCUT2D eigenvalue weighted by Crippen LogP contribution is -2.34. The van der Waals surface area contributed by atoms with Crippen LogP contribution in [0, 0.1) is 5.92 Å². The van der Waals surface area contributed by atoms with Crippen molar-refractivity contribution in [1.82, 2.24) is 9.80 Å². The summed E-state index contributed by atoms with van der Waals surface area (Å²) < 4.78 is 0. The minimum atomic E-state index is 0.183. The minimum Gasteiger partial charge on any atom is -0.395 e. The largest absolute Gasteiger partial charge is 0.395 e. The number of likely N-dealkylation sites (tertiary alicyclic amines) is 1. The average molecular weight is 214 g/mol. The Morgan fingerprint density at radius 1 is 1.60 bits per heavy atom. The molecule has 1 fully saturated rings. The fourth-order valence-corrected chi connectivity index (χ4v) is 2.15. The van der Waals surface area contributed by atoms with Gasteiger partial charge in [-0.05, 0) is 18.9 Å². The van der Waals surface area contributed by atoms with E-state index in [-0.39, 0.29) is 12.5 Å². The summed E-state index contributed by atoms with van der Waals surface area (Å²) in [5.74, 6) is 0.767. The molecule has 0 aromatic carbocycles. The highest BCUT2D eigenvalue weighted by Crippen LogP contribution is 2.17. The van der Waals surface area contributed by atoms with Gasteiger partial charge in [0.25, 0.3) is 0 Å². The van der Waals surface area contributed by atoms with Crippen LogP contribution in [-0.4, -0.2) is 60.1 Å². The number of rotatable bonds is 5. The fraction of sp³-hybridized carbons (Fsp3) is 0.909. The van der Waals surface area contributed by atoms with Crippen LogP contribution in [0.15, 0.2) is 0 Å². The van der Waals surface area contributed by atoms with Gasteiger partial charge in [0.05, 0.1) is 6.61 Å². The number of carbonyl (C=O) groups is 1. The molecule has 88 valence electrons. The van der Waals surface area contributed by atoms with E-state index in [1.54, 1.807) is 6.92 Å². The third-order valence-electron chi connectivity index (χ3n) is 3.11. The molecule has 0 spiro atoms. The first kappa shape index (κ1) is 12.5. The van der Waals surface area contributed by atoms with Gasteiger partial charge in [0, 0.05) is 33.1 Å². The molecule has 1 amide bonds. The summed E-state index contributed by atoms with van der Waals surface area (Å²) >= 11 is 0. The molecule has 1 aliphatic heterocycles. The van der Waals surface area contributed by atoms with Crippen LogP contribution in [0.25, 0.3) is 0 Å². The lowest BCUT2D eigenvalue weighted by Gasteiger charge is -2.23. The van der Waals surface area contributed by atoms with Crippen molar-refractivity contribution < 1.29 is 9.90 Å². The lowest BCUT2D eigenvalue weighted by atomic mass is 10.1. The van der Waals surface area contributed by atoms with E-state index in [2.05, 4.69) is 11.8 Å². The van der Waals surface area contributed by atoms with Gasteiger partial charge in [0.2, 0.25) is 5.91 Å². The fourth-order valence-electron chi connectivity index (χ4n) is 2.15. The zero-order valence-electron chi connectivity index (χ0n) is 9.78. The Bertz CT molecular complexity index is 209. The Kier molecular flexibility index (Phi) is 5.05. The van der Waals surface area contributed by atoms with Crippen LogP contribution < -0.4 is 0 Å². The van der Waals surface area contributed by atoms with E-state index in [9.17, 15) is 4.79 Å². The van der Waals surface area contributed by atoms with Crippen LogP contribution in [0.5, 0.6) is 0 Å². The van der Waals surface area contributed by atoms with Gasteiger partial charge in [-0.25, -0.2) is 0 Å². The minimum absolute atomic E-state index is 0.183. The SMILES string of the molecule is CCN(CCO)C[C@H]1CCN(C(C)=O)C1. The smallest absolute Gasteiger partial charge is 0.219 e. The highest BCUT2D eigenvalue weighted by molar-refractivity contribution is 5.73. The summed E-state index contributed by atoms with van der Waals surface area (Å²) in [6.07, 6.45) is 1.10. The average Bonchev–Trinajstić information content (AvgIpc) is 2.65. The third-order valence-corrected chi connectivity index (χ3v) is 3.11. The Labute approximate surface area is 91.9 Å². The van der Waals surface area contributed by atoms with Gasteiger partial charge in [0.15, 0.2) is 0 Å². The summed E-state index contributed by atoms with van der Waals surface area (Å²) in [6, 6.07) is 0. The molecule has 1 heterocycles. The molecule has 4 heteroatoms. The van der Waals surface area contributed by atoms with Crippen molar-refractivity contribution in [2.45, 2.75) is 20.3 Å². The molecule has 15 heavy (non-hydrogen) atoms. The predicted molar refractivity (Wildman–Crippen MR) is 59.6 cm³/mol.